The van der Waals surface area contributed by atoms with Crippen LogP contribution in [0.25, 0.3) is 0 Å². The molecule has 0 spiro atoms. The van der Waals surface area contributed by atoms with Gasteiger partial charge < -0.3 is 24.7 Å². The zero-order valence-corrected chi connectivity index (χ0v) is 10.3. The molecule has 1 amide bonds. The summed E-state index contributed by atoms with van der Waals surface area (Å²) in [5, 5.41) is 12.8. The van der Waals surface area contributed by atoms with E-state index in [4.69, 9.17) is 9.47 Å². The predicted molar refractivity (Wildman–Crippen MR) is 63.6 cm³/mol. The van der Waals surface area contributed by atoms with E-state index >= 15 is 0 Å². The van der Waals surface area contributed by atoms with Gasteiger partial charge in [-0.2, -0.15) is 0 Å². The van der Waals surface area contributed by atoms with E-state index in [0.29, 0.717) is 18.1 Å². The van der Waals surface area contributed by atoms with Gasteiger partial charge in [0.2, 0.25) is 5.91 Å². The van der Waals surface area contributed by atoms with Crippen LogP contribution in [0.1, 0.15) is 12.8 Å². The summed E-state index contributed by atoms with van der Waals surface area (Å²) < 4.78 is 11.1. The highest BCUT2D eigenvalue weighted by molar-refractivity contribution is 5.79. The second-order valence-corrected chi connectivity index (χ2v) is 4.17. The fourth-order valence-electron chi connectivity index (χ4n) is 1.70. The van der Waals surface area contributed by atoms with Crippen molar-refractivity contribution >= 4 is 11.9 Å². The SMILES string of the molecule is O=C([O-])CCC(=O)NC[C@@H]1COc2ccccc2O1. The normalized spacial score (nSPS) is 16.7. The Bertz CT molecular complexity index is 474. The molecule has 0 aromatic heterocycles. The number of carbonyl (C=O) groups excluding carboxylic acids is 2. The lowest BCUT2D eigenvalue weighted by molar-refractivity contribution is -0.305. The third-order valence-electron chi connectivity index (χ3n) is 2.65. The molecule has 0 bridgehead atoms. The molecule has 1 aliphatic rings. The van der Waals surface area contributed by atoms with E-state index in [2.05, 4.69) is 5.32 Å². The number of benzene rings is 1. The Morgan fingerprint density at radius 1 is 1.26 bits per heavy atom. The Kier molecular flexibility index (Phi) is 4.22. The Morgan fingerprint density at radius 2 is 2.00 bits per heavy atom. The minimum Gasteiger partial charge on any atom is -0.550 e. The predicted octanol–water partition coefficient (Wildman–Crippen LogP) is -0.527. The minimum absolute atomic E-state index is 0.0908. The van der Waals surface area contributed by atoms with Gasteiger partial charge in [0, 0.05) is 12.4 Å². The second-order valence-electron chi connectivity index (χ2n) is 4.17. The number of carboxylic acid groups (broad SMARTS) is 1. The Labute approximate surface area is 110 Å². The van der Waals surface area contributed by atoms with Crippen LogP contribution in [0.15, 0.2) is 24.3 Å². The van der Waals surface area contributed by atoms with Crippen molar-refractivity contribution in [3.05, 3.63) is 24.3 Å². The van der Waals surface area contributed by atoms with Gasteiger partial charge in [-0.25, -0.2) is 0 Å². The van der Waals surface area contributed by atoms with Crippen LogP contribution in [-0.2, 0) is 9.59 Å². The monoisotopic (exact) mass is 264 g/mol. The molecule has 0 aliphatic carbocycles. The van der Waals surface area contributed by atoms with E-state index in [1.165, 1.54) is 0 Å². The van der Waals surface area contributed by atoms with E-state index in [1.54, 1.807) is 6.07 Å². The molecule has 1 aromatic carbocycles. The minimum atomic E-state index is -1.23. The summed E-state index contributed by atoms with van der Waals surface area (Å²) in [6.45, 7) is 0.623. The van der Waals surface area contributed by atoms with E-state index < -0.39 is 5.97 Å². The zero-order valence-electron chi connectivity index (χ0n) is 10.3. The van der Waals surface area contributed by atoms with Crippen molar-refractivity contribution in [1.82, 2.24) is 5.32 Å². The lowest BCUT2D eigenvalue weighted by Gasteiger charge is -2.26. The van der Waals surface area contributed by atoms with Crippen LogP contribution in [0.5, 0.6) is 11.5 Å². The maximum atomic E-state index is 11.3. The van der Waals surface area contributed by atoms with Gasteiger partial charge in [0.05, 0.1) is 6.54 Å². The lowest BCUT2D eigenvalue weighted by Crippen LogP contribution is -2.41. The van der Waals surface area contributed by atoms with Crippen molar-refractivity contribution < 1.29 is 24.2 Å². The van der Waals surface area contributed by atoms with Crippen molar-refractivity contribution in [3.8, 4) is 11.5 Å². The van der Waals surface area contributed by atoms with E-state index in [9.17, 15) is 14.7 Å². The van der Waals surface area contributed by atoms with Gasteiger partial charge in [0.25, 0.3) is 0 Å². The summed E-state index contributed by atoms with van der Waals surface area (Å²) in [4.78, 5) is 21.5. The number of fused-ring (bicyclic) bond motifs is 1. The maximum absolute atomic E-state index is 11.3. The van der Waals surface area contributed by atoms with Crippen LogP contribution < -0.4 is 19.9 Å². The molecule has 1 aromatic rings. The zero-order chi connectivity index (χ0) is 13.7. The molecule has 0 fully saturated rings. The van der Waals surface area contributed by atoms with Crippen molar-refractivity contribution in [3.63, 3.8) is 0 Å². The molecule has 1 aliphatic heterocycles. The number of nitrogens with one attached hydrogen (secondary N) is 1. The lowest BCUT2D eigenvalue weighted by atomic mass is 10.2. The summed E-state index contributed by atoms with van der Waals surface area (Å²) in [5.41, 5.74) is 0. The quantitative estimate of drug-likeness (QED) is 0.772. The van der Waals surface area contributed by atoms with Crippen LogP contribution in [-0.4, -0.2) is 31.1 Å². The van der Waals surface area contributed by atoms with Crippen LogP contribution in [0.2, 0.25) is 0 Å². The van der Waals surface area contributed by atoms with Gasteiger partial charge in [0.1, 0.15) is 12.7 Å². The molecule has 0 unspecified atom stereocenters. The Balaban J connectivity index is 1.76. The van der Waals surface area contributed by atoms with Gasteiger partial charge in [-0.3, -0.25) is 4.79 Å². The standard InChI is InChI=1S/C13H15NO5/c15-12(5-6-13(16)17)14-7-9-8-18-10-3-1-2-4-11(10)19-9/h1-4,9H,5-8H2,(H,14,15)(H,16,17)/p-1/t9-/m1/s1. The summed E-state index contributed by atoms with van der Waals surface area (Å²) in [5.74, 6) is -0.252. The molecule has 0 saturated heterocycles. The van der Waals surface area contributed by atoms with E-state index in [-0.39, 0.29) is 31.4 Å². The molecule has 19 heavy (non-hydrogen) atoms. The topological polar surface area (TPSA) is 87.7 Å². The van der Waals surface area contributed by atoms with Crippen LogP contribution >= 0.6 is 0 Å². The smallest absolute Gasteiger partial charge is 0.220 e. The number of carbonyl (C=O) groups is 2. The highest BCUT2D eigenvalue weighted by atomic mass is 16.6. The summed E-state index contributed by atoms with van der Waals surface area (Å²) in [6.07, 6.45) is -0.648. The molecular formula is C13H14NO5-. The third kappa shape index (κ3) is 3.87. The Morgan fingerprint density at radius 3 is 2.74 bits per heavy atom. The number of aliphatic carboxylic acids is 1. The Hall–Kier alpha value is -2.24. The first kappa shape index (κ1) is 13.2. The molecule has 2 rings (SSSR count). The molecular weight excluding hydrogens is 250 g/mol. The first-order valence-electron chi connectivity index (χ1n) is 6.00. The molecule has 0 radical (unpaired) electrons. The summed E-state index contributed by atoms with van der Waals surface area (Å²) >= 11 is 0. The van der Waals surface area contributed by atoms with Crippen molar-refractivity contribution in [2.24, 2.45) is 0 Å². The second kappa shape index (κ2) is 6.08. The largest absolute Gasteiger partial charge is 0.550 e. The number of amides is 1. The number of ether oxygens (including phenoxy) is 2. The first-order valence-corrected chi connectivity index (χ1v) is 6.00. The third-order valence-corrected chi connectivity index (χ3v) is 2.65. The molecule has 1 atom stereocenters. The van der Waals surface area contributed by atoms with Crippen molar-refractivity contribution in [2.45, 2.75) is 18.9 Å². The van der Waals surface area contributed by atoms with Crippen LogP contribution in [0.3, 0.4) is 0 Å². The molecule has 6 heteroatoms. The van der Waals surface area contributed by atoms with Crippen LogP contribution in [0, 0.1) is 0 Å². The van der Waals surface area contributed by atoms with E-state index in [1.807, 2.05) is 18.2 Å². The van der Waals surface area contributed by atoms with Crippen molar-refractivity contribution in [2.75, 3.05) is 13.2 Å². The molecule has 6 nitrogen and oxygen atoms in total. The molecule has 0 saturated carbocycles. The van der Waals surface area contributed by atoms with E-state index in [0.717, 1.165) is 0 Å². The molecule has 1 heterocycles. The number of para-hydroxylation sites is 2. The number of hydrogen-bond acceptors (Lipinski definition) is 5. The van der Waals surface area contributed by atoms with Gasteiger partial charge in [0.15, 0.2) is 11.5 Å². The fraction of sp³-hybridized carbons (Fsp3) is 0.385. The fourth-order valence-corrected chi connectivity index (χ4v) is 1.70. The van der Waals surface area contributed by atoms with Gasteiger partial charge in [-0.05, 0) is 18.6 Å². The number of hydrogen-bond donors (Lipinski definition) is 1. The van der Waals surface area contributed by atoms with Crippen molar-refractivity contribution in [1.29, 1.82) is 0 Å². The molecule has 1 N–H and O–H groups in total. The highest BCUT2D eigenvalue weighted by Gasteiger charge is 2.20. The van der Waals surface area contributed by atoms with Gasteiger partial charge >= 0.3 is 0 Å². The number of rotatable bonds is 5. The number of carboxylic acids is 1. The average Bonchev–Trinajstić information content (AvgIpc) is 2.42. The van der Waals surface area contributed by atoms with Gasteiger partial charge in [-0.1, -0.05) is 12.1 Å². The molecule has 102 valence electrons. The van der Waals surface area contributed by atoms with Crippen LogP contribution in [0.4, 0.5) is 0 Å². The first-order chi connectivity index (χ1) is 9.15. The average molecular weight is 264 g/mol. The maximum Gasteiger partial charge on any atom is 0.220 e. The summed E-state index contributed by atoms with van der Waals surface area (Å²) in [6, 6.07) is 7.29. The summed E-state index contributed by atoms with van der Waals surface area (Å²) in [7, 11) is 0. The highest BCUT2D eigenvalue weighted by Crippen LogP contribution is 2.30. The van der Waals surface area contributed by atoms with Gasteiger partial charge in [-0.15, -0.1) is 0 Å².